The summed E-state index contributed by atoms with van der Waals surface area (Å²) in [7, 11) is -11.3. The summed E-state index contributed by atoms with van der Waals surface area (Å²) in [5.74, 6) is -1.10. The van der Waals surface area contributed by atoms with Gasteiger partial charge in [0.15, 0.2) is 0 Å². The second kappa shape index (κ2) is 20.0. The summed E-state index contributed by atoms with van der Waals surface area (Å²) in [6.45, 7) is 13.5. The van der Waals surface area contributed by atoms with Crippen molar-refractivity contribution in [1.29, 1.82) is 0 Å². The minimum atomic E-state index is -2.82. The van der Waals surface area contributed by atoms with E-state index >= 15 is 0 Å². The van der Waals surface area contributed by atoms with Crippen LogP contribution in [0.1, 0.15) is 98.9 Å². The zero-order valence-corrected chi connectivity index (χ0v) is 36.8. The largest absolute Gasteiger partial charge is 0.496 e. The maximum Gasteiger partial charge on any atom is 0.254 e. The van der Waals surface area contributed by atoms with Crippen molar-refractivity contribution in [3.8, 4) is 45.5 Å². The van der Waals surface area contributed by atoms with Gasteiger partial charge < -0.3 is 50.8 Å². The summed E-state index contributed by atoms with van der Waals surface area (Å²) < 4.78 is 114. The minimum absolute atomic E-state index is 0.0856. The molecule has 6 N–H and O–H groups in total. The lowest BCUT2D eigenvalue weighted by Gasteiger charge is -2.38. The fourth-order valence-corrected chi connectivity index (χ4v) is 9.64. The molecule has 8 rings (SSSR count). The molecule has 4 aliphatic rings. The molecule has 0 radical (unpaired) electrons. The van der Waals surface area contributed by atoms with Crippen molar-refractivity contribution < 1.29 is 54.6 Å². The zero-order chi connectivity index (χ0) is 57.4. The van der Waals surface area contributed by atoms with Gasteiger partial charge in [-0.05, 0) is 101 Å². The smallest absolute Gasteiger partial charge is 0.254 e. The zero-order valence-electron chi connectivity index (χ0n) is 48.8. The van der Waals surface area contributed by atoms with Crippen LogP contribution in [0.2, 0.25) is 0 Å². The second-order valence-corrected chi connectivity index (χ2v) is 16.7. The van der Waals surface area contributed by atoms with E-state index in [4.69, 9.17) is 57.1 Å². The third-order valence-corrected chi connectivity index (χ3v) is 13.2. The standard InChI is InChI=1S/2C24H31N5O4/c2*1-5-20(30)28-10-7-15(8-11-28)17-6-9-26-24-21(23(25)31)22(27-29(17)24)16-12-18(32-3)14(2)19(13-16)33-4/h2*5,12-13,15,17,26H,1,6-11H2,2-4H3,(H2,25,31)/i2*3D3,4D3. The Morgan fingerprint density at radius 3 is 1.24 bits per heavy atom. The van der Waals surface area contributed by atoms with Crippen LogP contribution in [0, 0.1) is 25.7 Å². The summed E-state index contributed by atoms with van der Waals surface area (Å²) in [5, 5.41) is 15.9. The number of amides is 4. The van der Waals surface area contributed by atoms with E-state index in [9.17, 15) is 19.2 Å². The van der Waals surface area contributed by atoms with Gasteiger partial charge in [-0.25, -0.2) is 9.36 Å². The van der Waals surface area contributed by atoms with Crippen molar-refractivity contribution in [2.75, 3.05) is 78.1 Å². The van der Waals surface area contributed by atoms with Crippen molar-refractivity contribution >= 4 is 35.3 Å². The number of aromatic nitrogens is 4. The van der Waals surface area contributed by atoms with E-state index in [-0.39, 0.29) is 104 Å². The quantitative estimate of drug-likeness (QED) is 0.129. The number of nitrogens with two attached hydrogens (primary N) is 2. The fourth-order valence-electron chi connectivity index (χ4n) is 9.64. The average molecular weight is 919 g/mol. The van der Waals surface area contributed by atoms with E-state index in [0.717, 1.165) is 38.5 Å². The Labute approximate surface area is 402 Å². The monoisotopic (exact) mass is 919 g/mol. The maximum atomic E-state index is 12.7. The van der Waals surface area contributed by atoms with Gasteiger partial charge in [0.2, 0.25) is 11.8 Å². The van der Waals surface area contributed by atoms with Crippen LogP contribution in [-0.2, 0) is 9.59 Å². The number of piperidine rings is 2. The molecule has 2 unspecified atom stereocenters. The first-order chi connectivity index (χ1) is 36.4. The first kappa shape index (κ1) is 33.5. The van der Waals surface area contributed by atoms with Crippen LogP contribution < -0.4 is 41.0 Å². The first-order valence-electron chi connectivity index (χ1n) is 27.6. The Morgan fingerprint density at radius 2 is 0.955 bits per heavy atom. The van der Waals surface area contributed by atoms with Gasteiger partial charge in [-0.3, -0.25) is 19.2 Å². The molecule has 4 aromatic rings. The molecule has 2 fully saturated rings. The van der Waals surface area contributed by atoms with E-state index in [1.165, 1.54) is 50.3 Å². The van der Waals surface area contributed by atoms with Crippen LogP contribution in [-0.4, -0.2) is 120 Å². The molecule has 66 heavy (non-hydrogen) atoms. The molecule has 6 heterocycles. The Hall–Kier alpha value is -6.98. The Kier molecular flexibility index (Phi) is 10.2. The van der Waals surface area contributed by atoms with Crippen molar-refractivity contribution in [3.63, 3.8) is 0 Å². The molecule has 352 valence electrons. The number of carbonyl (C=O) groups excluding carboxylic acids is 4. The average Bonchev–Trinajstić information content (AvgIpc) is 3.95. The molecule has 18 heteroatoms. The third-order valence-electron chi connectivity index (χ3n) is 13.2. The highest BCUT2D eigenvalue weighted by atomic mass is 16.5. The number of anilines is 2. The summed E-state index contributed by atoms with van der Waals surface area (Å²) in [5.41, 5.74) is 12.8. The molecular weight excluding hydrogens is 845 g/mol. The number of rotatable bonds is 12. The lowest BCUT2D eigenvalue weighted by Crippen LogP contribution is -2.41. The van der Waals surface area contributed by atoms with Gasteiger partial charge in [-0.15, -0.1) is 0 Å². The summed E-state index contributed by atoms with van der Waals surface area (Å²) in [6, 6.07) is 5.34. The molecular formula is C48H62N10O8. The minimum Gasteiger partial charge on any atom is -0.496 e. The Balaban J connectivity index is 0.000000226. The van der Waals surface area contributed by atoms with E-state index < -0.39 is 40.0 Å². The molecule has 0 bridgehead atoms. The van der Waals surface area contributed by atoms with Crippen LogP contribution >= 0.6 is 0 Å². The van der Waals surface area contributed by atoms with Crippen LogP contribution in [0.4, 0.5) is 11.6 Å². The lowest BCUT2D eigenvalue weighted by molar-refractivity contribution is -0.128. The normalized spacial score (nSPS) is 21.7. The molecule has 0 saturated carbocycles. The number of nitrogens with zero attached hydrogens (tertiary/aromatic N) is 6. The lowest BCUT2D eigenvalue weighted by atomic mass is 9.87. The summed E-state index contributed by atoms with van der Waals surface area (Å²) in [6.07, 6.45) is 7.01. The maximum absolute atomic E-state index is 12.7. The SMILES string of the molecule is [2H]C([2H])([2H])Oc1cc(-c2nn3c(c2C(N)=O)NCCC3C2CCN(C(=O)C=C)CC2)cc(OC([2H])([2H])[2H])c1C.[2H]C([2H])([2H])Oc1cc(-c2nn3c(c2C(N)=O)NCCC3C2CCN(C(=O)C=C)CC2)cc(OC([2H])([2H])[2H])c1C. The number of likely N-dealkylation sites (tertiary alicyclic amines) is 2. The summed E-state index contributed by atoms with van der Waals surface area (Å²) in [4.78, 5) is 52.9. The number of hydrogen-bond acceptors (Lipinski definition) is 12. The van der Waals surface area contributed by atoms with Gasteiger partial charge >= 0.3 is 0 Å². The van der Waals surface area contributed by atoms with Gasteiger partial charge in [-0.1, -0.05) is 13.2 Å². The number of nitrogens with one attached hydrogen (secondary N) is 2. The van der Waals surface area contributed by atoms with E-state index in [0.29, 0.717) is 50.9 Å². The Bertz CT molecular complexity index is 2680. The second-order valence-electron chi connectivity index (χ2n) is 16.7. The molecule has 4 aliphatic heterocycles. The third kappa shape index (κ3) is 9.00. The highest BCUT2D eigenvalue weighted by molar-refractivity contribution is 6.05. The van der Waals surface area contributed by atoms with Gasteiger partial charge in [0, 0.05) is 61.5 Å². The molecule has 0 spiro atoms. The van der Waals surface area contributed by atoms with E-state index in [2.05, 4.69) is 23.8 Å². The molecule has 4 amide bonds. The van der Waals surface area contributed by atoms with Crippen molar-refractivity contribution in [1.82, 2.24) is 29.4 Å². The molecule has 18 nitrogen and oxygen atoms in total. The first-order valence-corrected chi connectivity index (χ1v) is 21.6. The number of fused-ring (bicyclic) bond motifs is 2. The molecule has 2 aromatic carbocycles. The molecule has 2 aromatic heterocycles. The summed E-state index contributed by atoms with van der Waals surface area (Å²) >= 11 is 0. The highest BCUT2D eigenvalue weighted by Crippen LogP contribution is 2.44. The van der Waals surface area contributed by atoms with Crippen LogP contribution in [0.15, 0.2) is 49.6 Å². The van der Waals surface area contributed by atoms with Gasteiger partial charge in [0.25, 0.3) is 11.8 Å². The van der Waals surface area contributed by atoms with E-state index in [1.807, 2.05) is 0 Å². The van der Waals surface area contributed by atoms with Gasteiger partial charge in [-0.2, -0.15) is 10.2 Å². The predicted molar refractivity (Wildman–Crippen MR) is 251 cm³/mol. The predicted octanol–water partition coefficient (Wildman–Crippen LogP) is 5.51. The van der Waals surface area contributed by atoms with E-state index in [1.54, 1.807) is 19.2 Å². The van der Waals surface area contributed by atoms with Gasteiger partial charge in [0.1, 0.15) is 57.1 Å². The Morgan fingerprint density at radius 1 is 0.621 bits per heavy atom. The van der Waals surface area contributed by atoms with Crippen LogP contribution in [0.25, 0.3) is 22.5 Å². The number of benzene rings is 2. The number of hydrogen-bond donors (Lipinski definition) is 4. The van der Waals surface area contributed by atoms with Crippen molar-refractivity contribution in [2.45, 2.75) is 64.5 Å². The van der Waals surface area contributed by atoms with Gasteiger partial charge in [0.05, 0.1) is 56.7 Å². The van der Waals surface area contributed by atoms with Crippen LogP contribution in [0.3, 0.4) is 0 Å². The van der Waals surface area contributed by atoms with Crippen molar-refractivity contribution in [3.05, 3.63) is 71.8 Å². The topological polar surface area (TPSA) is 223 Å². The molecule has 2 atom stereocenters. The molecule has 0 aliphatic carbocycles. The number of ether oxygens (including phenoxy) is 4. The molecule has 2 saturated heterocycles. The van der Waals surface area contributed by atoms with Crippen LogP contribution in [0.5, 0.6) is 23.0 Å². The number of primary amides is 2. The fraction of sp³-hybridized carbons (Fsp3) is 0.458. The highest BCUT2D eigenvalue weighted by Gasteiger charge is 2.38. The number of carbonyl (C=O) groups is 4. The number of methoxy groups -OCH3 is 4. The van der Waals surface area contributed by atoms with Crippen molar-refractivity contribution in [2.24, 2.45) is 23.3 Å².